The highest BCUT2D eigenvalue weighted by atomic mass is 16.5. The second-order valence-electron chi connectivity index (χ2n) is 7.19. The molecule has 3 aromatic carbocycles. The third-order valence-corrected chi connectivity index (χ3v) is 5.30. The Morgan fingerprint density at radius 3 is 2.13 bits per heavy atom. The van der Waals surface area contributed by atoms with Gasteiger partial charge in [-0.15, -0.1) is 0 Å². The number of benzene rings is 3. The number of fused-ring (bicyclic) bond motifs is 1. The standard InChI is InChI=1S/C26H20N2O2/c29-26(30-22-14-8-3-9-15-22)24(19-10-4-1-5-11-19)23-17-16-20-18-27-28(25(20)23)21-12-6-2-7-13-21/h1-15,18H,16-17H2/b24-23+. The third-order valence-electron chi connectivity index (χ3n) is 5.30. The number of nitrogens with zero attached hydrogens (tertiary/aromatic N) is 2. The lowest BCUT2D eigenvalue weighted by atomic mass is 9.98. The van der Waals surface area contributed by atoms with Gasteiger partial charge in [0.25, 0.3) is 0 Å². The number of carbonyl (C=O) groups excluding carboxylic acids is 1. The molecule has 0 N–H and O–H groups in total. The Balaban J connectivity index is 1.66. The summed E-state index contributed by atoms with van der Waals surface area (Å²) in [4.78, 5) is 13.4. The molecule has 0 fully saturated rings. The molecule has 0 atom stereocenters. The molecule has 0 bridgehead atoms. The van der Waals surface area contributed by atoms with E-state index in [9.17, 15) is 4.79 Å². The lowest BCUT2D eigenvalue weighted by Crippen LogP contribution is -2.13. The van der Waals surface area contributed by atoms with E-state index in [0.717, 1.165) is 40.9 Å². The summed E-state index contributed by atoms with van der Waals surface area (Å²) in [5, 5.41) is 4.61. The molecule has 0 spiro atoms. The molecule has 146 valence electrons. The fourth-order valence-electron chi connectivity index (χ4n) is 3.94. The molecule has 4 nitrogen and oxygen atoms in total. The van der Waals surface area contributed by atoms with Crippen molar-refractivity contribution in [2.45, 2.75) is 12.8 Å². The van der Waals surface area contributed by atoms with Gasteiger partial charge in [-0.25, -0.2) is 9.48 Å². The summed E-state index contributed by atoms with van der Waals surface area (Å²) in [5.41, 5.74) is 5.53. The maximum atomic E-state index is 13.4. The second-order valence-corrected chi connectivity index (χ2v) is 7.19. The van der Waals surface area contributed by atoms with Gasteiger partial charge in [0.05, 0.1) is 23.2 Å². The van der Waals surface area contributed by atoms with Crippen molar-refractivity contribution in [2.24, 2.45) is 0 Å². The Morgan fingerprint density at radius 1 is 0.800 bits per heavy atom. The Morgan fingerprint density at radius 2 is 1.43 bits per heavy atom. The van der Waals surface area contributed by atoms with E-state index >= 15 is 0 Å². The van der Waals surface area contributed by atoms with Gasteiger partial charge in [-0.05, 0) is 53.8 Å². The molecule has 1 aliphatic carbocycles. The van der Waals surface area contributed by atoms with E-state index in [1.807, 2.05) is 89.7 Å². The average molecular weight is 392 g/mol. The summed E-state index contributed by atoms with van der Waals surface area (Å²) in [6, 6.07) is 28.9. The molecule has 0 amide bonds. The van der Waals surface area contributed by atoms with Crippen LogP contribution in [0.5, 0.6) is 5.75 Å². The van der Waals surface area contributed by atoms with Crippen molar-refractivity contribution < 1.29 is 9.53 Å². The van der Waals surface area contributed by atoms with Crippen molar-refractivity contribution in [2.75, 3.05) is 0 Å². The van der Waals surface area contributed by atoms with Crippen LogP contribution in [-0.2, 0) is 11.2 Å². The molecule has 0 radical (unpaired) electrons. The van der Waals surface area contributed by atoms with Crippen LogP contribution in [0.2, 0.25) is 0 Å². The van der Waals surface area contributed by atoms with E-state index in [2.05, 4.69) is 5.10 Å². The molecule has 0 unspecified atom stereocenters. The van der Waals surface area contributed by atoms with Crippen LogP contribution in [0.4, 0.5) is 0 Å². The molecule has 0 saturated heterocycles. The van der Waals surface area contributed by atoms with Crippen molar-refractivity contribution >= 4 is 17.1 Å². The molecule has 4 heteroatoms. The van der Waals surface area contributed by atoms with Crippen molar-refractivity contribution in [1.29, 1.82) is 0 Å². The van der Waals surface area contributed by atoms with Gasteiger partial charge < -0.3 is 4.74 Å². The van der Waals surface area contributed by atoms with Crippen LogP contribution in [0.25, 0.3) is 16.8 Å². The summed E-state index contributed by atoms with van der Waals surface area (Å²) < 4.78 is 7.68. The summed E-state index contributed by atoms with van der Waals surface area (Å²) >= 11 is 0. The van der Waals surface area contributed by atoms with Crippen LogP contribution in [0.15, 0.2) is 97.2 Å². The largest absolute Gasteiger partial charge is 0.423 e. The molecule has 5 rings (SSSR count). The highest BCUT2D eigenvalue weighted by Gasteiger charge is 2.29. The molecule has 0 aliphatic heterocycles. The summed E-state index contributed by atoms with van der Waals surface area (Å²) in [7, 11) is 0. The van der Waals surface area contributed by atoms with Gasteiger partial charge in [-0.3, -0.25) is 0 Å². The highest BCUT2D eigenvalue weighted by Crippen LogP contribution is 2.39. The van der Waals surface area contributed by atoms with E-state index < -0.39 is 0 Å². The zero-order valence-electron chi connectivity index (χ0n) is 16.4. The minimum atomic E-state index is -0.351. The van der Waals surface area contributed by atoms with Gasteiger partial charge in [0.15, 0.2) is 0 Å². The zero-order valence-corrected chi connectivity index (χ0v) is 16.4. The van der Waals surface area contributed by atoms with Crippen LogP contribution in [-0.4, -0.2) is 15.7 Å². The lowest BCUT2D eigenvalue weighted by Gasteiger charge is -2.14. The van der Waals surface area contributed by atoms with Crippen molar-refractivity contribution in [1.82, 2.24) is 9.78 Å². The molecule has 1 aromatic heterocycles. The Labute approximate surface area is 175 Å². The van der Waals surface area contributed by atoms with Gasteiger partial charge in [0, 0.05) is 0 Å². The normalized spacial score (nSPS) is 14.3. The minimum Gasteiger partial charge on any atom is -0.423 e. The van der Waals surface area contributed by atoms with Crippen LogP contribution in [0, 0.1) is 0 Å². The summed E-state index contributed by atoms with van der Waals surface area (Å²) in [6.07, 6.45) is 3.53. The Kier molecular flexibility index (Phi) is 4.74. The number of hydrogen-bond donors (Lipinski definition) is 0. The average Bonchev–Trinajstić information content (AvgIpc) is 3.39. The first-order valence-electron chi connectivity index (χ1n) is 10.00. The molecule has 30 heavy (non-hydrogen) atoms. The van der Waals surface area contributed by atoms with Crippen molar-refractivity contribution in [3.63, 3.8) is 0 Å². The topological polar surface area (TPSA) is 44.1 Å². The predicted octanol–water partition coefficient (Wildman–Crippen LogP) is 5.33. The van der Waals surface area contributed by atoms with Gasteiger partial charge in [0.1, 0.15) is 5.75 Å². The van der Waals surface area contributed by atoms with Crippen molar-refractivity contribution in [3.8, 4) is 11.4 Å². The van der Waals surface area contributed by atoms with E-state index in [4.69, 9.17) is 4.74 Å². The van der Waals surface area contributed by atoms with E-state index in [-0.39, 0.29) is 5.97 Å². The van der Waals surface area contributed by atoms with Gasteiger partial charge in [-0.1, -0.05) is 66.7 Å². The first kappa shape index (κ1) is 18.1. The number of aryl methyl sites for hydroxylation is 1. The summed E-state index contributed by atoms with van der Waals surface area (Å²) in [6.45, 7) is 0. The first-order valence-corrected chi connectivity index (χ1v) is 10.00. The van der Waals surface area contributed by atoms with Gasteiger partial charge >= 0.3 is 5.97 Å². The maximum Gasteiger partial charge on any atom is 0.344 e. The van der Waals surface area contributed by atoms with E-state index in [1.54, 1.807) is 12.1 Å². The molecule has 1 aliphatic rings. The number of rotatable bonds is 4. The fourth-order valence-corrected chi connectivity index (χ4v) is 3.94. The van der Waals surface area contributed by atoms with Crippen molar-refractivity contribution in [3.05, 3.63) is 114 Å². The number of para-hydroxylation sites is 2. The SMILES string of the molecule is O=C(Oc1ccccc1)/C(=C1\CCc2cnn(-c3ccccc3)c21)c1ccccc1. The summed E-state index contributed by atoms with van der Waals surface area (Å²) in [5.74, 6) is 0.183. The number of esters is 1. The number of hydrogen-bond acceptors (Lipinski definition) is 3. The molecule has 1 heterocycles. The maximum absolute atomic E-state index is 13.4. The molecular formula is C26H20N2O2. The highest BCUT2D eigenvalue weighted by molar-refractivity contribution is 6.25. The fraction of sp³-hybridized carbons (Fsp3) is 0.0769. The molecule has 4 aromatic rings. The zero-order chi connectivity index (χ0) is 20.3. The third kappa shape index (κ3) is 3.33. The molecular weight excluding hydrogens is 372 g/mol. The lowest BCUT2D eigenvalue weighted by molar-refractivity contribution is -0.127. The first-order chi connectivity index (χ1) is 14.8. The van der Waals surface area contributed by atoms with Crippen LogP contribution in [0.3, 0.4) is 0 Å². The number of carbonyl (C=O) groups is 1. The monoisotopic (exact) mass is 392 g/mol. The van der Waals surface area contributed by atoms with Crippen LogP contribution >= 0.6 is 0 Å². The van der Waals surface area contributed by atoms with E-state index in [0.29, 0.717) is 11.3 Å². The number of ether oxygens (including phenoxy) is 1. The quantitative estimate of drug-likeness (QED) is 0.268. The van der Waals surface area contributed by atoms with Gasteiger partial charge in [-0.2, -0.15) is 5.10 Å². The number of aromatic nitrogens is 2. The minimum absolute atomic E-state index is 0.351. The second kappa shape index (κ2) is 7.84. The Bertz CT molecular complexity index is 1210. The van der Waals surface area contributed by atoms with Crippen LogP contribution < -0.4 is 4.74 Å². The smallest absolute Gasteiger partial charge is 0.344 e. The van der Waals surface area contributed by atoms with E-state index in [1.165, 1.54) is 0 Å². The predicted molar refractivity (Wildman–Crippen MR) is 117 cm³/mol. The van der Waals surface area contributed by atoms with Gasteiger partial charge in [0.2, 0.25) is 0 Å². The Hall–Kier alpha value is -3.92. The number of allylic oxidation sites excluding steroid dienone is 1. The molecule has 0 saturated carbocycles. The van der Waals surface area contributed by atoms with Crippen LogP contribution in [0.1, 0.15) is 23.2 Å².